The van der Waals surface area contributed by atoms with Crippen LogP contribution in [0.25, 0.3) is 0 Å². The van der Waals surface area contributed by atoms with Gasteiger partial charge in [0.25, 0.3) is 5.91 Å². The highest BCUT2D eigenvalue weighted by Crippen LogP contribution is 2.27. The first-order valence-corrected chi connectivity index (χ1v) is 11.4. The van der Waals surface area contributed by atoms with Crippen LogP contribution >= 0.6 is 0 Å². The molecule has 7 nitrogen and oxygen atoms in total. The van der Waals surface area contributed by atoms with Crippen molar-refractivity contribution in [3.63, 3.8) is 0 Å². The molecule has 1 saturated heterocycles. The number of aliphatic imine (C=N–C) groups is 1. The van der Waals surface area contributed by atoms with Crippen LogP contribution in [0.4, 0.5) is 0 Å². The number of likely N-dealkylation sites (tertiary alicyclic amines) is 1. The predicted molar refractivity (Wildman–Crippen MR) is 125 cm³/mol. The first-order valence-electron chi connectivity index (χ1n) is 11.4. The summed E-state index contributed by atoms with van der Waals surface area (Å²) < 4.78 is 2.21. The Morgan fingerprint density at radius 1 is 1.29 bits per heavy atom. The molecule has 168 valence electrons. The fourth-order valence-corrected chi connectivity index (χ4v) is 3.86. The van der Waals surface area contributed by atoms with Crippen molar-refractivity contribution >= 4 is 11.9 Å². The van der Waals surface area contributed by atoms with Crippen LogP contribution in [-0.4, -0.2) is 52.0 Å². The number of imidazole rings is 1. The normalized spacial score (nSPS) is 20.4. The summed E-state index contributed by atoms with van der Waals surface area (Å²) in [5.74, 6) is 1.52. The van der Waals surface area contributed by atoms with E-state index in [0.29, 0.717) is 24.1 Å². The van der Waals surface area contributed by atoms with Crippen molar-refractivity contribution in [2.75, 3.05) is 19.6 Å². The summed E-state index contributed by atoms with van der Waals surface area (Å²) in [6.45, 7) is 11.8. The summed E-state index contributed by atoms with van der Waals surface area (Å²) in [5.41, 5.74) is 1.78. The second kappa shape index (κ2) is 11.0. The molecule has 1 amide bonds. The second-order valence-corrected chi connectivity index (χ2v) is 8.44. The molecule has 2 heterocycles. The molecule has 1 fully saturated rings. The molecule has 1 aromatic carbocycles. The Balaban J connectivity index is 1.66. The number of rotatable bonds is 7. The Kier molecular flexibility index (Phi) is 8.09. The average Bonchev–Trinajstić information content (AvgIpc) is 3.32. The lowest BCUT2D eigenvalue weighted by Crippen LogP contribution is -2.49. The number of carbonyl (C=O) groups is 1. The van der Waals surface area contributed by atoms with E-state index in [0.717, 1.165) is 44.0 Å². The molecular weight excluding hydrogens is 388 g/mol. The van der Waals surface area contributed by atoms with Gasteiger partial charge in [0.15, 0.2) is 5.96 Å². The van der Waals surface area contributed by atoms with Crippen molar-refractivity contribution in [2.45, 2.75) is 59.2 Å². The minimum absolute atomic E-state index is 0.0225. The standard InChI is InChI=1S/C24H36N6O/c1-5-19(4)28-23(31)21-9-7-20(8-10-21)15-27-24(26-6-2)29-13-11-18(3)22(16-29)30-14-12-25-17-30/h7-10,12,14,17-19,22H,5-6,11,13,15-16H2,1-4H3,(H,26,27)(H,28,31). The Morgan fingerprint density at radius 3 is 2.71 bits per heavy atom. The maximum atomic E-state index is 12.3. The highest BCUT2D eigenvalue weighted by Gasteiger charge is 2.28. The molecule has 2 N–H and O–H groups in total. The Labute approximate surface area is 186 Å². The van der Waals surface area contributed by atoms with Crippen LogP contribution < -0.4 is 10.6 Å². The van der Waals surface area contributed by atoms with Gasteiger partial charge >= 0.3 is 0 Å². The maximum Gasteiger partial charge on any atom is 0.251 e. The number of nitrogens with one attached hydrogen (secondary N) is 2. The van der Waals surface area contributed by atoms with Crippen molar-refractivity contribution < 1.29 is 4.79 Å². The van der Waals surface area contributed by atoms with Gasteiger partial charge < -0.3 is 20.1 Å². The number of carbonyl (C=O) groups excluding carboxylic acids is 1. The molecule has 31 heavy (non-hydrogen) atoms. The van der Waals surface area contributed by atoms with Gasteiger partial charge in [0.05, 0.1) is 18.9 Å². The van der Waals surface area contributed by atoms with Gasteiger partial charge in [-0.25, -0.2) is 9.98 Å². The van der Waals surface area contributed by atoms with Crippen molar-refractivity contribution in [1.82, 2.24) is 25.1 Å². The first kappa shape index (κ1) is 22.8. The Hall–Kier alpha value is -2.83. The third kappa shape index (κ3) is 6.09. The van der Waals surface area contributed by atoms with Gasteiger partial charge in [0.2, 0.25) is 0 Å². The Bertz CT molecular complexity index is 845. The van der Waals surface area contributed by atoms with Crippen LogP contribution in [0.2, 0.25) is 0 Å². The number of nitrogens with zero attached hydrogens (tertiary/aromatic N) is 4. The molecule has 3 atom stereocenters. The van der Waals surface area contributed by atoms with Gasteiger partial charge in [-0.15, -0.1) is 0 Å². The van der Waals surface area contributed by atoms with Crippen molar-refractivity contribution in [3.05, 3.63) is 54.1 Å². The SMILES string of the molecule is CCNC(=NCc1ccc(C(=O)NC(C)CC)cc1)N1CCC(C)C(n2ccnc2)C1. The minimum atomic E-state index is -0.0225. The molecule has 1 aliphatic rings. The summed E-state index contributed by atoms with van der Waals surface area (Å²) >= 11 is 0. The maximum absolute atomic E-state index is 12.3. The molecule has 7 heteroatoms. The zero-order valence-electron chi connectivity index (χ0n) is 19.2. The molecule has 0 radical (unpaired) electrons. The third-order valence-corrected chi connectivity index (χ3v) is 6.08. The number of amides is 1. The largest absolute Gasteiger partial charge is 0.357 e. The van der Waals surface area contributed by atoms with Gasteiger partial charge in [-0.2, -0.15) is 0 Å². The minimum Gasteiger partial charge on any atom is -0.357 e. The Morgan fingerprint density at radius 2 is 2.06 bits per heavy atom. The highest BCUT2D eigenvalue weighted by molar-refractivity contribution is 5.94. The number of benzene rings is 1. The van der Waals surface area contributed by atoms with Gasteiger partial charge in [-0.05, 0) is 50.3 Å². The van der Waals surface area contributed by atoms with E-state index in [1.54, 1.807) is 0 Å². The molecule has 0 bridgehead atoms. The van der Waals surface area contributed by atoms with Crippen LogP contribution in [-0.2, 0) is 6.54 Å². The smallest absolute Gasteiger partial charge is 0.251 e. The predicted octanol–water partition coefficient (Wildman–Crippen LogP) is 3.46. The van der Waals surface area contributed by atoms with E-state index >= 15 is 0 Å². The van der Waals surface area contributed by atoms with Crippen molar-refractivity contribution in [3.8, 4) is 0 Å². The van der Waals surface area contributed by atoms with Crippen LogP contribution in [0.15, 0.2) is 48.0 Å². The number of guanidine groups is 1. The van der Waals surface area contributed by atoms with Gasteiger partial charge in [0.1, 0.15) is 0 Å². The summed E-state index contributed by atoms with van der Waals surface area (Å²) in [6.07, 6.45) is 7.84. The molecular formula is C24H36N6O. The van der Waals surface area contributed by atoms with Gasteiger partial charge in [-0.1, -0.05) is 26.0 Å². The summed E-state index contributed by atoms with van der Waals surface area (Å²) in [7, 11) is 0. The van der Waals surface area contributed by atoms with Crippen LogP contribution in [0, 0.1) is 5.92 Å². The molecule has 0 saturated carbocycles. The third-order valence-electron chi connectivity index (χ3n) is 6.08. The number of hydrogen-bond acceptors (Lipinski definition) is 3. The lowest BCUT2D eigenvalue weighted by molar-refractivity contribution is 0.0939. The lowest BCUT2D eigenvalue weighted by atomic mass is 9.93. The molecule has 1 aromatic heterocycles. The fourth-order valence-electron chi connectivity index (χ4n) is 3.86. The number of hydrogen-bond donors (Lipinski definition) is 2. The van der Waals surface area contributed by atoms with Crippen LogP contribution in [0.1, 0.15) is 62.5 Å². The van der Waals surface area contributed by atoms with E-state index in [1.165, 1.54) is 0 Å². The molecule has 0 spiro atoms. The molecule has 0 aliphatic carbocycles. The highest BCUT2D eigenvalue weighted by atomic mass is 16.1. The van der Waals surface area contributed by atoms with Crippen molar-refractivity contribution in [2.24, 2.45) is 10.9 Å². The van der Waals surface area contributed by atoms with E-state index < -0.39 is 0 Å². The average molecular weight is 425 g/mol. The van der Waals surface area contributed by atoms with Crippen LogP contribution in [0.5, 0.6) is 0 Å². The molecule has 1 aliphatic heterocycles. The number of aromatic nitrogens is 2. The summed E-state index contributed by atoms with van der Waals surface area (Å²) in [6, 6.07) is 8.32. The van der Waals surface area contributed by atoms with E-state index in [-0.39, 0.29) is 11.9 Å². The van der Waals surface area contributed by atoms with E-state index in [4.69, 9.17) is 4.99 Å². The second-order valence-electron chi connectivity index (χ2n) is 8.44. The number of piperidine rings is 1. The summed E-state index contributed by atoms with van der Waals surface area (Å²) in [4.78, 5) is 23.7. The first-order chi connectivity index (χ1) is 15.0. The monoisotopic (exact) mass is 424 g/mol. The van der Waals surface area contributed by atoms with E-state index in [9.17, 15) is 4.79 Å². The molecule has 3 rings (SSSR count). The topological polar surface area (TPSA) is 74.6 Å². The van der Waals surface area contributed by atoms with E-state index in [1.807, 2.05) is 49.9 Å². The molecule has 3 unspecified atom stereocenters. The van der Waals surface area contributed by atoms with Crippen molar-refractivity contribution in [1.29, 1.82) is 0 Å². The summed E-state index contributed by atoms with van der Waals surface area (Å²) in [5, 5.41) is 6.45. The zero-order valence-corrected chi connectivity index (χ0v) is 19.2. The quantitative estimate of drug-likeness (QED) is 0.527. The molecule has 2 aromatic rings. The van der Waals surface area contributed by atoms with Crippen LogP contribution in [0.3, 0.4) is 0 Å². The lowest BCUT2D eigenvalue weighted by Gasteiger charge is -2.39. The van der Waals surface area contributed by atoms with E-state index in [2.05, 4.69) is 45.9 Å². The fraction of sp³-hybridized carbons (Fsp3) is 0.542. The van der Waals surface area contributed by atoms with Gasteiger partial charge in [0, 0.05) is 43.6 Å². The van der Waals surface area contributed by atoms with Gasteiger partial charge in [-0.3, -0.25) is 4.79 Å². The zero-order chi connectivity index (χ0) is 22.2.